The predicted octanol–water partition coefficient (Wildman–Crippen LogP) is 1.85. The molecule has 1 aliphatic carbocycles. The molecule has 0 aromatic heterocycles. The molecule has 34 heavy (non-hydrogen) atoms. The lowest BCUT2D eigenvalue weighted by Crippen LogP contribution is -2.52. The molecule has 9 nitrogen and oxygen atoms in total. The Labute approximate surface area is 202 Å². The van der Waals surface area contributed by atoms with Crippen molar-refractivity contribution in [3.8, 4) is 5.75 Å². The number of hydrogen-bond donors (Lipinski definition) is 4. The SMILES string of the molecule is CCSCC(=O)NCC(=O)N[C@@H](CCC(=O)O)C(=O)NC1CCC(Oc2cccc(F)c2)CC1. The topological polar surface area (TPSA) is 134 Å². The molecule has 188 valence electrons. The van der Waals surface area contributed by atoms with E-state index < -0.39 is 23.8 Å². The number of nitrogens with one attached hydrogen (secondary N) is 3. The minimum atomic E-state index is -1.08. The van der Waals surface area contributed by atoms with Gasteiger partial charge in [-0.25, -0.2) is 4.39 Å². The van der Waals surface area contributed by atoms with E-state index in [0.717, 1.165) is 5.75 Å². The van der Waals surface area contributed by atoms with Crippen molar-refractivity contribution in [2.75, 3.05) is 18.1 Å². The second-order valence-corrected chi connectivity index (χ2v) is 9.30. The molecule has 0 bridgehead atoms. The third-order valence-electron chi connectivity index (χ3n) is 5.30. The summed E-state index contributed by atoms with van der Waals surface area (Å²) in [6.07, 6.45) is 2.15. The number of carboxylic acids is 1. The van der Waals surface area contributed by atoms with E-state index in [1.165, 1.54) is 23.9 Å². The zero-order chi connectivity index (χ0) is 24.9. The van der Waals surface area contributed by atoms with Crippen LogP contribution in [-0.4, -0.2) is 65.0 Å². The van der Waals surface area contributed by atoms with Crippen LogP contribution in [0.1, 0.15) is 45.4 Å². The summed E-state index contributed by atoms with van der Waals surface area (Å²) in [4.78, 5) is 47.6. The van der Waals surface area contributed by atoms with Gasteiger partial charge in [-0.3, -0.25) is 19.2 Å². The van der Waals surface area contributed by atoms with Gasteiger partial charge in [-0.15, -0.1) is 0 Å². The van der Waals surface area contributed by atoms with Crippen LogP contribution in [0.25, 0.3) is 0 Å². The Morgan fingerprint density at radius 3 is 2.56 bits per heavy atom. The smallest absolute Gasteiger partial charge is 0.303 e. The fourth-order valence-corrected chi connectivity index (χ4v) is 4.06. The highest BCUT2D eigenvalue weighted by Gasteiger charge is 2.28. The molecule has 1 atom stereocenters. The number of benzene rings is 1. The van der Waals surface area contributed by atoms with Crippen LogP contribution in [0.15, 0.2) is 24.3 Å². The standard InChI is InChI=1S/C23H32FN3O6S/c1-2-34-14-21(29)25-13-20(28)27-19(10-11-22(30)31)23(32)26-16-6-8-17(9-7-16)33-18-5-3-4-15(24)12-18/h3-5,12,16-17,19H,2,6-11,13-14H2,1H3,(H,25,29)(H,26,32)(H,27,28)(H,30,31)/t16?,17?,19-/m0/s1. The number of carboxylic acid groups (broad SMARTS) is 1. The fraction of sp³-hybridized carbons (Fsp3) is 0.565. The van der Waals surface area contributed by atoms with Gasteiger partial charge in [0.15, 0.2) is 0 Å². The van der Waals surface area contributed by atoms with Crippen molar-refractivity contribution < 1.29 is 33.4 Å². The first-order valence-electron chi connectivity index (χ1n) is 11.3. The highest BCUT2D eigenvalue weighted by atomic mass is 32.2. The monoisotopic (exact) mass is 497 g/mol. The van der Waals surface area contributed by atoms with Gasteiger partial charge in [0, 0.05) is 18.5 Å². The Bertz CT molecular complexity index is 848. The number of carbonyl (C=O) groups is 4. The van der Waals surface area contributed by atoms with E-state index in [0.29, 0.717) is 31.4 Å². The number of thioether (sulfide) groups is 1. The molecule has 0 aliphatic heterocycles. The molecular formula is C23H32FN3O6S. The van der Waals surface area contributed by atoms with Gasteiger partial charge in [-0.05, 0) is 50.0 Å². The van der Waals surface area contributed by atoms with E-state index in [2.05, 4.69) is 16.0 Å². The van der Waals surface area contributed by atoms with Gasteiger partial charge < -0.3 is 25.8 Å². The summed E-state index contributed by atoms with van der Waals surface area (Å²) < 4.78 is 19.1. The van der Waals surface area contributed by atoms with Crippen LogP contribution in [-0.2, 0) is 19.2 Å². The molecule has 1 aromatic rings. The quantitative estimate of drug-likeness (QED) is 0.327. The predicted molar refractivity (Wildman–Crippen MR) is 126 cm³/mol. The third-order valence-corrected chi connectivity index (χ3v) is 6.18. The maximum atomic E-state index is 13.3. The molecule has 11 heteroatoms. The summed E-state index contributed by atoms with van der Waals surface area (Å²) in [6, 6.07) is 4.78. The average Bonchev–Trinajstić information content (AvgIpc) is 2.80. The fourth-order valence-electron chi connectivity index (χ4n) is 3.57. The van der Waals surface area contributed by atoms with E-state index in [-0.39, 0.29) is 49.0 Å². The molecule has 2 rings (SSSR count). The van der Waals surface area contributed by atoms with E-state index in [9.17, 15) is 23.6 Å². The minimum absolute atomic E-state index is 0.0649. The van der Waals surface area contributed by atoms with Crippen molar-refractivity contribution >= 4 is 35.5 Å². The van der Waals surface area contributed by atoms with Gasteiger partial charge in [-0.2, -0.15) is 11.8 Å². The zero-order valence-corrected chi connectivity index (χ0v) is 20.0. The van der Waals surface area contributed by atoms with Crippen molar-refractivity contribution in [3.05, 3.63) is 30.1 Å². The number of carbonyl (C=O) groups excluding carboxylic acids is 3. The first-order valence-corrected chi connectivity index (χ1v) is 12.5. The van der Waals surface area contributed by atoms with Crippen molar-refractivity contribution in [2.45, 2.75) is 63.6 Å². The molecule has 1 aliphatic rings. The summed E-state index contributed by atoms with van der Waals surface area (Å²) in [7, 11) is 0. The van der Waals surface area contributed by atoms with Crippen molar-refractivity contribution in [1.29, 1.82) is 0 Å². The molecule has 0 saturated heterocycles. The molecule has 1 saturated carbocycles. The zero-order valence-electron chi connectivity index (χ0n) is 19.2. The Morgan fingerprint density at radius 2 is 1.91 bits per heavy atom. The van der Waals surface area contributed by atoms with Crippen molar-refractivity contribution in [1.82, 2.24) is 16.0 Å². The molecule has 0 unspecified atom stereocenters. The van der Waals surface area contributed by atoms with Gasteiger partial charge in [0.05, 0.1) is 18.4 Å². The lowest BCUT2D eigenvalue weighted by Gasteiger charge is -2.30. The molecule has 1 aromatic carbocycles. The molecule has 0 heterocycles. The molecule has 0 spiro atoms. The maximum Gasteiger partial charge on any atom is 0.303 e. The van der Waals surface area contributed by atoms with Crippen LogP contribution >= 0.6 is 11.8 Å². The van der Waals surface area contributed by atoms with E-state index in [4.69, 9.17) is 9.84 Å². The number of rotatable bonds is 13. The molecule has 0 radical (unpaired) electrons. The van der Waals surface area contributed by atoms with E-state index >= 15 is 0 Å². The van der Waals surface area contributed by atoms with Gasteiger partial charge in [0.2, 0.25) is 17.7 Å². The summed E-state index contributed by atoms with van der Waals surface area (Å²) in [5.74, 6) is -1.28. The second-order valence-electron chi connectivity index (χ2n) is 8.02. The minimum Gasteiger partial charge on any atom is -0.490 e. The number of hydrogen-bond acceptors (Lipinski definition) is 6. The van der Waals surface area contributed by atoms with Gasteiger partial charge in [-0.1, -0.05) is 13.0 Å². The Morgan fingerprint density at radius 1 is 1.18 bits per heavy atom. The van der Waals surface area contributed by atoms with Crippen molar-refractivity contribution in [3.63, 3.8) is 0 Å². The van der Waals surface area contributed by atoms with E-state index in [1.54, 1.807) is 12.1 Å². The first kappa shape index (κ1) is 27.4. The number of amides is 3. The molecule has 4 N–H and O–H groups in total. The highest BCUT2D eigenvalue weighted by Crippen LogP contribution is 2.24. The van der Waals surface area contributed by atoms with Crippen LogP contribution < -0.4 is 20.7 Å². The van der Waals surface area contributed by atoms with Crippen LogP contribution in [0, 0.1) is 5.82 Å². The summed E-state index contributed by atoms with van der Waals surface area (Å²) >= 11 is 1.42. The number of halogens is 1. The Hall–Kier alpha value is -2.82. The van der Waals surface area contributed by atoms with Crippen LogP contribution in [0.2, 0.25) is 0 Å². The normalized spacial score (nSPS) is 18.4. The van der Waals surface area contributed by atoms with Crippen molar-refractivity contribution in [2.24, 2.45) is 0 Å². The van der Waals surface area contributed by atoms with Gasteiger partial charge >= 0.3 is 5.97 Å². The summed E-state index contributed by atoms with van der Waals surface area (Å²) in [6.45, 7) is 1.63. The third kappa shape index (κ3) is 10.4. The molecular weight excluding hydrogens is 465 g/mol. The lowest BCUT2D eigenvalue weighted by molar-refractivity contribution is -0.138. The van der Waals surface area contributed by atoms with Crippen LogP contribution in [0.5, 0.6) is 5.75 Å². The first-order chi connectivity index (χ1) is 16.3. The number of ether oxygens (including phenoxy) is 1. The number of aliphatic carboxylic acids is 1. The lowest BCUT2D eigenvalue weighted by atomic mass is 9.92. The van der Waals surface area contributed by atoms with Gasteiger partial charge in [0.25, 0.3) is 0 Å². The highest BCUT2D eigenvalue weighted by molar-refractivity contribution is 7.99. The Kier molecular flexibility index (Phi) is 11.7. The van der Waals surface area contributed by atoms with Crippen LogP contribution in [0.3, 0.4) is 0 Å². The average molecular weight is 498 g/mol. The second kappa shape index (κ2) is 14.4. The Balaban J connectivity index is 1.81. The summed E-state index contributed by atoms with van der Waals surface area (Å²) in [5.41, 5.74) is 0. The van der Waals surface area contributed by atoms with Gasteiger partial charge in [0.1, 0.15) is 17.6 Å². The summed E-state index contributed by atoms with van der Waals surface area (Å²) in [5, 5.41) is 16.9. The maximum absolute atomic E-state index is 13.3. The largest absolute Gasteiger partial charge is 0.490 e. The van der Waals surface area contributed by atoms with Crippen LogP contribution in [0.4, 0.5) is 4.39 Å². The molecule has 3 amide bonds. The van der Waals surface area contributed by atoms with E-state index in [1.807, 2.05) is 6.92 Å². The molecule has 1 fully saturated rings.